The first kappa shape index (κ1) is 17.3. The van der Waals surface area contributed by atoms with Crippen LogP contribution in [0, 0.1) is 0 Å². The summed E-state index contributed by atoms with van der Waals surface area (Å²) in [6.07, 6.45) is 4.43. The van der Waals surface area contributed by atoms with E-state index in [1.807, 2.05) is 0 Å². The van der Waals surface area contributed by atoms with Gasteiger partial charge in [0.2, 0.25) is 0 Å². The number of unbranched alkanes of at least 4 members (excludes halogenated alkanes) is 3. The first-order valence-corrected chi connectivity index (χ1v) is 7.93. The summed E-state index contributed by atoms with van der Waals surface area (Å²) in [4.78, 5) is 11.6. The average Bonchev–Trinajstić information content (AvgIpc) is 2.34. The topological polar surface area (TPSA) is 61.8 Å². The van der Waals surface area contributed by atoms with Crippen LogP contribution in [0.4, 0.5) is 0 Å². The zero-order chi connectivity index (χ0) is 13.3. The van der Waals surface area contributed by atoms with E-state index in [1.54, 1.807) is 0 Å². The Morgan fingerprint density at radius 1 is 1.24 bits per heavy atom. The number of Topliss-reactive ketones (excluding diaryl/α,β-unsaturated/α-hetero) is 1. The molecule has 0 bridgehead atoms. The minimum Gasteiger partial charge on any atom is -0.296 e. The van der Waals surface area contributed by atoms with Crippen molar-refractivity contribution in [2.45, 2.75) is 44.0 Å². The highest BCUT2D eigenvalue weighted by Gasteiger charge is 2.30. The Balaban J connectivity index is 4.01. The molecule has 0 fully saturated rings. The highest BCUT2D eigenvalue weighted by molar-refractivity contribution is 9.09. The van der Waals surface area contributed by atoms with Crippen molar-refractivity contribution in [2.75, 3.05) is 14.2 Å². The summed E-state index contributed by atoms with van der Waals surface area (Å²) in [5.41, 5.74) is 0. The summed E-state index contributed by atoms with van der Waals surface area (Å²) in [6, 6.07) is 0. The second-order valence-electron chi connectivity index (χ2n) is 3.51. The van der Waals surface area contributed by atoms with Gasteiger partial charge >= 0.3 is 7.82 Å². The van der Waals surface area contributed by atoms with Gasteiger partial charge in [-0.05, 0) is 22.4 Å². The third-order valence-corrected chi connectivity index (χ3v) is 4.55. The molecule has 0 radical (unpaired) electrons. The van der Waals surface area contributed by atoms with E-state index >= 15 is 0 Å². The summed E-state index contributed by atoms with van der Waals surface area (Å²) >= 11 is 3.03. The first-order chi connectivity index (χ1) is 7.99. The molecule has 17 heavy (non-hydrogen) atoms. The molecule has 5 nitrogen and oxygen atoms in total. The summed E-state index contributed by atoms with van der Waals surface area (Å²) in [6.45, 7) is 2.10. The molecular formula is C10H20BrO5P. The normalized spacial score (nSPS) is 13.6. The molecule has 0 N–H and O–H groups in total. The van der Waals surface area contributed by atoms with Crippen LogP contribution in [0.3, 0.4) is 0 Å². The molecule has 0 amide bonds. The number of carbonyl (C=O) groups is 1. The fourth-order valence-corrected chi connectivity index (χ4v) is 2.68. The predicted octanol–water partition coefficient (Wildman–Crippen LogP) is 3.66. The Kier molecular flexibility index (Phi) is 9.37. The van der Waals surface area contributed by atoms with Crippen molar-refractivity contribution in [1.29, 1.82) is 0 Å². The number of phosphoric ester groups is 1. The Morgan fingerprint density at radius 3 is 2.29 bits per heavy atom. The second-order valence-corrected chi connectivity index (χ2v) is 6.18. The highest BCUT2D eigenvalue weighted by Crippen LogP contribution is 2.49. The predicted molar refractivity (Wildman–Crippen MR) is 69.2 cm³/mol. The fourth-order valence-electron chi connectivity index (χ4n) is 1.17. The zero-order valence-electron chi connectivity index (χ0n) is 10.5. The van der Waals surface area contributed by atoms with Gasteiger partial charge in [-0.2, -0.15) is 0 Å². The summed E-state index contributed by atoms with van der Waals surface area (Å²) in [5.74, 6) is -0.157. The molecule has 0 aromatic heterocycles. The van der Waals surface area contributed by atoms with Crippen molar-refractivity contribution < 1.29 is 22.9 Å². The Bertz CT molecular complexity index is 263. The van der Waals surface area contributed by atoms with Crippen molar-refractivity contribution in [2.24, 2.45) is 0 Å². The molecule has 0 aliphatic heterocycles. The maximum Gasteiger partial charge on any atom is 0.475 e. The van der Waals surface area contributed by atoms with Gasteiger partial charge in [-0.1, -0.05) is 26.2 Å². The van der Waals surface area contributed by atoms with Crippen LogP contribution in [0.2, 0.25) is 0 Å². The highest BCUT2D eigenvalue weighted by atomic mass is 79.9. The molecule has 7 heteroatoms. The number of hydrogen-bond acceptors (Lipinski definition) is 5. The Hall–Kier alpha value is 0.260. The number of rotatable bonds is 10. The van der Waals surface area contributed by atoms with Crippen LogP contribution >= 0.6 is 23.8 Å². The quantitative estimate of drug-likeness (QED) is 0.347. The number of alkyl halides is 1. The molecule has 0 aliphatic carbocycles. The maximum absolute atomic E-state index is 11.6. The molecule has 102 valence electrons. The lowest BCUT2D eigenvalue weighted by atomic mass is 10.1. The van der Waals surface area contributed by atoms with Crippen molar-refractivity contribution in [3.05, 3.63) is 0 Å². The van der Waals surface area contributed by atoms with Gasteiger partial charge in [0, 0.05) is 20.6 Å². The molecule has 0 aromatic rings. The van der Waals surface area contributed by atoms with Crippen LogP contribution in [0.15, 0.2) is 0 Å². The molecule has 0 aliphatic rings. The third kappa shape index (κ3) is 7.32. The molecule has 0 saturated heterocycles. The largest absolute Gasteiger partial charge is 0.475 e. The van der Waals surface area contributed by atoms with E-state index in [2.05, 4.69) is 31.9 Å². The van der Waals surface area contributed by atoms with Crippen molar-refractivity contribution in [3.63, 3.8) is 0 Å². The number of ketones is 1. The number of hydrogen-bond donors (Lipinski definition) is 0. The molecule has 0 aromatic carbocycles. The first-order valence-electron chi connectivity index (χ1n) is 5.55. The lowest BCUT2D eigenvalue weighted by Gasteiger charge is -2.16. The molecule has 0 rings (SSSR count). The molecule has 1 unspecified atom stereocenters. The molecule has 0 saturated carbocycles. The molecule has 0 spiro atoms. The van der Waals surface area contributed by atoms with Gasteiger partial charge in [0.1, 0.15) is 0 Å². The Labute approximate surface area is 111 Å². The van der Waals surface area contributed by atoms with E-state index in [4.69, 9.17) is 4.52 Å². The van der Waals surface area contributed by atoms with Gasteiger partial charge in [-0.25, -0.2) is 4.57 Å². The van der Waals surface area contributed by atoms with E-state index in [9.17, 15) is 9.36 Å². The summed E-state index contributed by atoms with van der Waals surface area (Å²) in [5, 5.41) is -0.949. The van der Waals surface area contributed by atoms with Crippen LogP contribution < -0.4 is 0 Å². The monoisotopic (exact) mass is 330 g/mol. The molecule has 1 atom stereocenters. The molecule has 0 heterocycles. The third-order valence-electron chi connectivity index (χ3n) is 2.20. The van der Waals surface area contributed by atoms with Gasteiger partial charge in [0.15, 0.2) is 10.8 Å². The smallest absolute Gasteiger partial charge is 0.296 e. The number of halogens is 1. The van der Waals surface area contributed by atoms with E-state index in [-0.39, 0.29) is 5.78 Å². The second kappa shape index (κ2) is 9.22. The van der Waals surface area contributed by atoms with Crippen molar-refractivity contribution in [1.82, 2.24) is 0 Å². The van der Waals surface area contributed by atoms with Crippen LogP contribution in [-0.2, 0) is 22.9 Å². The van der Waals surface area contributed by atoms with Gasteiger partial charge < -0.3 is 0 Å². The summed E-state index contributed by atoms with van der Waals surface area (Å²) < 4.78 is 25.7. The van der Waals surface area contributed by atoms with Crippen LogP contribution in [0.25, 0.3) is 0 Å². The minimum atomic E-state index is -3.60. The maximum atomic E-state index is 11.6. The van der Waals surface area contributed by atoms with Gasteiger partial charge in [-0.3, -0.25) is 18.4 Å². The standard InChI is InChI=1S/C10H20BrO5P/c1-4-5-6-7-8-9(12)10(11)16-17(13,14-2)15-3/h10H,4-8H2,1-3H3. The Morgan fingerprint density at radius 2 is 1.82 bits per heavy atom. The van der Waals surface area contributed by atoms with E-state index < -0.39 is 12.8 Å². The number of phosphoric acid groups is 1. The summed E-state index contributed by atoms with van der Waals surface area (Å²) in [7, 11) is -1.20. The fraction of sp³-hybridized carbons (Fsp3) is 0.900. The lowest BCUT2D eigenvalue weighted by molar-refractivity contribution is -0.122. The zero-order valence-corrected chi connectivity index (χ0v) is 13.0. The van der Waals surface area contributed by atoms with E-state index in [0.717, 1.165) is 25.7 Å². The number of carbonyl (C=O) groups excluding carboxylic acids is 1. The van der Waals surface area contributed by atoms with E-state index in [1.165, 1.54) is 14.2 Å². The SMILES string of the molecule is CCCCCCC(=O)C(Br)OP(=O)(OC)OC. The minimum absolute atomic E-state index is 0.157. The molecular weight excluding hydrogens is 311 g/mol. The van der Waals surface area contributed by atoms with Gasteiger partial charge in [0.25, 0.3) is 0 Å². The van der Waals surface area contributed by atoms with E-state index in [0.29, 0.717) is 6.42 Å². The lowest BCUT2D eigenvalue weighted by Crippen LogP contribution is -2.17. The van der Waals surface area contributed by atoms with Crippen molar-refractivity contribution >= 4 is 29.5 Å². The van der Waals surface area contributed by atoms with Crippen molar-refractivity contribution in [3.8, 4) is 0 Å². The van der Waals surface area contributed by atoms with Crippen LogP contribution in [0.1, 0.15) is 39.0 Å². The van der Waals surface area contributed by atoms with Crippen LogP contribution in [-0.4, -0.2) is 25.0 Å². The van der Waals surface area contributed by atoms with Crippen LogP contribution in [0.5, 0.6) is 0 Å². The van der Waals surface area contributed by atoms with Gasteiger partial charge in [-0.15, -0.1) is 0 Å². The van der Waals surface area contributed by atoms with Gasteiger partial charge in [0.05, 0.1) is 0 Å². The average molecular weight is 331 g/mol.